The van der Waals surface area contributed by atoms with E-state index in [4.69, 9.17) is 9.05 Å². The molecule has 2 rings (SSSR count). The molecule has 0 aliphatic heterocycles. The number of benzene rings is 2. The molecule has 0 saturated heterocycles. The van der Waals surface area contributed by atoms with Crippen molar-refractivity contribution < 1.29 is 13.9 Å². The first-order valence-corrected chi connectivity index (χ1v) is 9.72. The van der Waals surface area contributed by atoms with Crippen molar-refractivity contribution in [1.29, 1.82) is 0 Å². The Hall–Kier alpha value is -1.25. The molecule has 2 aromatic rings. The van der Waals surface area contributed by atoms with E-state index in [2.05, 4.69) is 31.2 Å². The normalized spacial score (nSPS) is 13.8. The van der Waals surface area contributed by atoms with Gasteiger partial charge in [-0.25, -0.2) is 0 Å². The van der Waals surface area contributed by atoms with Gasteiger partial charge in [0.05, 0.1) is 12.7 Å². The molecule has 4 heteroatoms. The Morgan fingerprint density at radius 3 is 2.00 bits per heavy atom. The molecule has 0 spiro atoms. The van der Waals surface area contributed by atoms with Crippen molar-refractivity contribution >= 4 is 8.60 Å². The second-order valence-electron chi connectivity index (χ2n) is 5.97. The molecule has 24 heavy (non-hydrogen) atoms. The molecular weight excluding hydrogens is 319 g/mol. The lowest BCUT2D eigenvalue weighted by Gasteiger charge is -2.21. The largest absolute Gasteiger partial charge is 0.330 e. The third-order valence-electron chi connectivity index (χ3n) is 3.99. The van der Waals surface area contributed by atoms with Gasteiger partial charge in [-0.05, 0) is 24.5 Å². The summed E-state index contributed by atoms with van der Waals surface area (Å²) in [6.45, 7) is 4.53. The molecule has 2 atom stereocenters. The van der Waals surface area contributed by atoms with E-state index in [1.54, 1.807) is 0 Å². The number of hydrogen-bond donors (Lipinski definition) is 1. The van der Waals surface area contributed by atoms with Crippen molar-refractivity contribution in [2.24, 2.45) is 0 Å². The smallest absolute Gasteiger partial charge is 0.328 e. The molecule has 0 aliphatic rings. The van der Waals surface area contributed by atoms with Crippen LogP contribution in [-0.2, 0) is 9.05 Å². The van der Waals surface area contributed by atoms with Crippen molar-refractivity contribution in [2.75, 3.05) is 6.61 Å². The topological polar surface area (TPSA) is 38.7 Å². The molecule has 2 aromatic carbocycles. The highest BCUT2D eigenvalue weighted by atomic mass is 31.2. The first-order valence-electron chi connectivity index (χ1n) is 8.59. The lowest BCUT2D eigenvalue weighted by Crippen LogP contribution is -2.10. The van der Waals surface area contributed by atoms with Crippen LogP contribution in [0.15, 0.2) is 60.7 Å². The summed E-state index contributed by atoms with van der Waals surface area (Å²) in [5.74, 6) is 0.0825. The number of rotatable bonds is 10. The molecule has 2 unspecified atom stereocenters. The Morgan fingerprint density at radius 2 is 1.50 bits per heavy atom. The molecule has 0 aliphatic carbocycles. The van der Waals surface area contributed by atoms with E-state index >= 15 is 0 Å². The molecule has 3 nitrogen and oxygen atoms in total. The molecule has 0 saturated carbocycles. The highest BCUT2D eigenvalue weighted by Gasteiger charge is 2.18. The van der Waals surface area contributed by atoms with E-state index in [0.29, 0.717) is 6.61 Å². The number of hydrogen-bond acceptors (Lipinski definition) is 3. The summed E-state index contributed by atoms with van der Waals surface area (Å²) in [5, 5.41) is 0. The molecule has 0 amide bonds. The molecule has 130 valence electrons. The van der Waals surface area contributed by atoms with Gasteiger partial charge in [0.25, 0.3) is 0 Å². The highest BCUT2D eigenvalue weighted by Crippen LogP contribution is 2.38. The predicted octanol–water partition coefficient (Wildman–Crippen LogP) is 5.65. The van der Waals surface area contributed by atoms with Gasteiger partial charge in [-0.1, -0.05) is 80.4 Å². The van der Waals surface area contributed by atoms with Crippen LogP contribution in [0, 0.1) is 0 Å². The average molecular weight is 346 g/mol. The van der Waals surface area contributed by atoms with Gasteiger partial charge in [0.15, 0.2) is 0 Å². The first-order chi connectivity index (χ1) is 11.7. The summed E-state index contributed by atoms with van der Waals surface area (Å²) in [6, 6.07) is 20.5. The molecule has 0 radical (unpaired) electrons. The van der Waals surface area contributed by atoms with Crippen molar-refractivity contribution in [1.82, 2.24) is 0 Å². The Bertz CT molecular complexity index is 522. The monoisotopic (exact) mass is 346 g/mol. The van der Waals surface area contributed by atoms with Crippen LogP contribution in [0.3, 0.4) is 0 Å². The van der Waals surface area contributed by atoms with Gasteiger partial charge in [-0.2, -0.15) is 0 Å². The summed E-state index contributed by atoms with van der Waals surface area (Å²) in [4.78, 5) is 10.1. The fraction of sp³-hybridized carbons (Fsp3) is 0.400. The molecule has 0 heterocycles. The third kappa shape index (κ3) is 6.33. The Kier molecular flexibility index (Phi) is 8.41. The minimum atomic E-state index is -1.85. The van der Waals surface area contributed by atoms with Crippen LogP contribution < -0.4 is 0 Å². The van der Waals surface area contributed by atoms with Crippen LogP contribution in [0.25, 0.3) is 0 Å². The number of unbranched alkanes of at least 4 members (excludes halogenated alkanes) is 1. The van der Waals surface area contributed by atoms with Crippen molar-refractivity contribution in [3.05, 3.63) is 71.8 Å². The van der Waals surface area contributed by atoms with E-state index in [1.165, 1.54) is 11.1 Å². The van der Waals surface area contributed by atoms with Gasteiger partial charge in [-0.15, -0.1) is 0 Å². The highest BCUT2D eigenvalue weighted by molar-refractivity contribution is 7.40. The third-order valence-corrected chi connectivity index (χ3v) is 4.90. The van der Waals surface area contributed by atoms with Crippen LogP contribution in [0.5, 0.6) is 0 Å². The van der Waals surface area contributed by atoms with Crippen molar-refractivity contribution in [3.8, 4) is 0 Å². The summed E-state index contributed by atoms with van der Waals surface area (Å²) in [6.07, 6.45) is 3.19. The Labute approximate surface area is 146 Å². The maximum absolute atomic E-state index is 10.1. The second kappa shape index (κ2) is 10.6. The Balaban J connectivity index is 1.97. The minimum Gasteiger partial charge on any atom is -0.328 e. The molecule has 0 bridgehead atoms. The van der Waals surface area contributed by atoms with Gasteiger partial charge < -0.3 is 13.9 Å². The zero-order valence-electron chi connectivity index (χ0n) is 14.5. The zero-order valence-corrected chi connectivity index (χ0v) is 15.4. The van der Waals surface area contributed by atoms with Crippen molar-refractivity contribution in [3.63, 3.8) is 0 Å². The minimum absolute atomic E-state index is 0.0213. The zero-order chi connectivity index (χ0) is 17.2. The van der Waals surface area contributed by atoms with Crippen LogP contribution in [0.4, 0.5) is 0 Å². The first kappa shape index (κ1) is 19.1. The lowest BCUT2D eigenvalue weighted by molar-refractivity contribution is 0.144. The van der Waals surface area contributed by atoms with E-state index in [0.717, 1.165) is 19.3 Å². The molecule has 0 fully saturated rings. The maximum Gasteiger partial charge on any atom is 0.330 e. The molecule has 1 N–H and O–H groups in total. The lowest BCUT2D eigenvalue weighted by atomic mass is 9.92. The van der Waals surface area contributed by atoms with Crippen LogP contribution in [0.2, 0.25) is 0 Å². The fourth-order valence-electron chi connectivity index (χ4n) is 2.62. The summed E-state index contributed by atoms with van der Waals surface area (Å²) < 4.78 is 11.2. The SMILES string of the molecule is CCCCC(C)OP(O)OCC(c1ccccc1)c1ccccc1. The summed E-state index contributed by atoms with van der Waals surface area (Å²) in [7, 11) is -1.85. The van der Waals surface area contributed by atoms with E-state index in [9.17, 15) is 4.89 Å². The summed E-state index contributed by atoms with van der Waals surface area (Å²) in [5.41, 5.74) is 2.34. The van der Waals surface area contributed by atoms with E-state index < -0.39 is 8.60 Å². The quantitative estimate of drug-likeness (QED) is 0.565. The van der Waals surface area contributed by atoms with Crippen molar-refractivity contribution in [2.45, 2.75) is 45.1 Å². The molecule has 0 aromatic heterocycles. The van der Waals surface area contributed by atoms with E-state index in [1.807, 2.05) is 43.3 Å². The average Bonchev–Trinajstić information content (AvgIpc) is 2.62. The molecular formula is C20H27O3P. The maximum atomic E-state index is 10.1. The van der Waals surface area contributed by atoms with Crippen LogP contribution >= 0.6 is 8.60 Å². The summed E-state index contributed by atoms with van der Waals surface area (Å²) >= 11 is 0. The van der Waals surface area contributed by atoms with Gasteiger partial charge in [0.2, 0.25) is 0 Å². The predicted molar refractivity (Wildman–Crippen MR) is 99.9 cm³/mol. The van der Waals surface area contributed by atoms with Gasteiger partial charge in [-0.3, -0.25) is 0 Å². The fourth-order valence-corrected chi connectivity index (χ4v) is 3.37. The second-order valence-corrected chi connectivity index (χ2v) is 6.91. The Morgan fingerprint density at radius 1 is 0.958 bits per heavy atom. The van der Waals surface area contributed by atoms with E-state index in [-0.39, 0.29) is 12.0 Å². The van der Waals surface area contributed by atoms with Crippen LogP contribution in [-0.4, -0.2) is 17.6 Å². The van der Waals surface area contributed by atoms with Gasteiger partial charge in [0.1, 0.15) is 0 Å². The standard InChI is InChI=1S/C20H27O3P/c1-3-4-11-17(2)23-24(21)22-16-20(18-12-7-5-8-13-18)19-14-9-6-10-15-19/h5-10,12-15,17,20-21H,3-4,11,16H2,1-2H3. The van der Waals surface area contributed by atoms with Crippen LogP contribution in [0.1, 0.15) is 50.2 Å². The van der Waals surface area contributed by atoms with Gasteiger partial charge >= 0.3 is 8.60 Å². The van der Waals surface area contributed by atoms with Gasteiger partial charge in [0, 0.05) is 5.92 Å².